The molecule has 5 nitrogen and oxygen atoms in total. The van der Waals surface area contributed by atoms with E-state index in [1.165, 1.54) is 11.1 Å². The lowest BCUT2D eigenvalue weighted by atomic mass is 10.2. The van der Waals surface area contributed by atoms with Crippen LogP contribution >= 0.6 is 22.6 Å². The molecule has 1 aromatic carbocycles. The fraction of sp³-hybridized carbons (Fsp3) is 0. The Morgan fingerprint density at radius 3 is 2.59 bits per heavy atom. The van der Waals surface area contributed by atoms with Gasteiger partial charge in [-0.15, -0.1) is 0 Å². The first kappa shape index (κ1) is 14.6. The SMILES string of the molecule is O=C1NN(c2ccc(I)cc2)C(=O)C1=C/C=C/c1ccco1. The van der Waals surface area contributed by atoms with Crippen LogP contribution in [-0.4, -0.2) is 11.8 Å². The maximum atomic E-state index is 12.3. The minimum absolute atomic E-state index is 0.0846. The van der Waals surface area contributed by atoms with Crippen LogP contribution in [-0.2, 0) is 9.59 Å². The summed E-state index contributed by atoms with van der Waals surface area (Å²) in [5, 5.41) is 1.24. The number of hydrogen-bond acceptors (Lipinski definition) is 3. The predicted molar refractivity (Wildman–Crippen MR) is 90.6 cm³/mol. The van der Waals surface area contributed by atoms with E-state index in [1.807, 2.05) is 12.1 Å². The van der Waals surface area contributed by atoms with E-state index in [0.29, 0.717) is 11.4 Å². The number of amides is 2. The average Bonchev–Trinajstić information content (AvgIpc) is 3.11. The summed E-state index contributed by atoms with van der Waals surface area (Å²) in [5.41, 5.74) is 3.26. The molecule has 1 N–H and O–H groups in total. The summed E-state index contributed by atoms with van der Waals surface area (Å²) < 4.78 is 6.19. The van der Waals surface area contributed by atoms with Crippen LogP contribution in [0, 0.1) is 3.57 Å². The maximum absolute atomic E-state index is 12.3. The molecule has 1 fully saturated rings. The fourth-order valence-electron chi connectivity index (χ4n) is 1.97. The Bertz CT molecular complexity index is 761. The molecule has 0 bridgehead atoms. The lowest BCUT2D eigenvalue weighted by Crippen LogP contribution is -2.35. The molecule has 2 amide bonds. The van der Waals surface area contributed by atoms with Crippen molar-refractivity contribution in [3.05, 3.63) is 69.7 Å². The van der Waals surface area contributed by atoms with Gasteiger partial charge in [0.15, 0.2) is 0 Å². The van der Waals surface area contributed by atoms with Gasteiger partial charge in [-0.2, -0.15) is 0 Å². The molecule has 2 aromatic rings. The van der Waals surface area contributed by atoms with E-state index in [9.17, 15) is 9.59 Å². The van der Waals surface area contributed by atoms with Crippen LogP contribution in [0.2, 0.25) is 0 Å². The van der Waals surface area contributed by atoms with Crippen molar-refractivity contribution < 1.29 is 14.0 Å². The molecule has 1 saturated heterocycles. The minimum Gasteiger partial charge on any atom is -0.465 e. The Morgan fingerprint density at radius 2 is 1.91 bits per heavy atom. The Kier molecular flexibility index (Phi) is 4.10. The number of nitrogens with one attached hydrogen (secondary N) is 1. The molecule has 0 radical (unpaired) electrons. The van der Waals surface area contributed by atoms with Gasteiger partial charge < -0.3 is 4.42 Å². The van der Waals surface area contributed by atoms with Crippen molar-refractivity contribution in [1.82, 2.24) is 5.43 Å². The molecular weight excluding hydrogens is 395 g/mol. The molecule has 110 valence electrons. The van der Waals surface area contributed by atoms with Crippen LogP contribution in [0.25, 0.3) is 6.08 Å². The highest BCUT2D eigenvalue weighted by Gasteiger charge is 2.33. The smallest absolute Gasteiger partial charge is 0.282 e. The standard InChI is InChI=1S/C16H11IN2O3/c17-11-6-8-12(9-7-11)19-16(21)14(15(20)18-19)5-1-3-13-4-2-10-22-13/h1-10H,(H,18,20)/b3-1+,14-5?. The summed E-state index contributed by atoms with van der Waals surface area (Å²) in [6, 6.07) is 10.8. The maximum Gasteiger partial charge on any atom is 0.282 e. The molecule has 0 spiro atoms. The van der Waals surface area contributed by atoms with Gasteiger partial charge in [0.05, 0.1) is 12.0 Å². The highest BCUT2D eigenvalue weighted by atomic mass is 127. The molecule has 0 unspecified atom stereocenters. The van der Waals surface area contributed by atoms with Crippen LogP contribution in [0.5, 0.6) is 0 Å². The van der Waals surface area contributed by atoms with E-state index in [1.54, 1.807) is 42.7 Å². The summed E-state index contributed by atoms with van der Waals surface area (Å²) in [4.78, 5) is 24.2. The van der Waals surface area contributed by atoms with Crippen molar-refractivity contribution in [2.45, 2.75) is 0 Å². The quantitative estimate of drug-likeness (QED) is 0.485. The third kappa shape index (κ3) is 2.96. The van der Waals surface area contributed by atoms with Gasteiger partial charge in [0, 0.05) is 3.57 Å². The second-order valence-corrected chi connectivity index (χ2v) is 5.76. The average molecular weight is 406 g/mol. The summed E-state index contributed by atoms with van der Waals surface area (Å²) in [7, 11) is 0. The van der Waals surface area contributed by atoms with E-state index in [2.05, 4.69) is 28.0 Å². The van der Waals surface area contributed by atoms with Gasteiger partial charge in [-0.25, -0.2) is 5.01 Å². The number of rotatable bonds is 3. The van der Waals surface area contributed by atoms with Crippen molar-refractivity contribution in [2.75, 3.05) is 5.01 Å². The second kappa shape index (κ2) is 6.18. The molecule has 6 heteroatoms. The van der Waals surface area contributed by atoms with Crippen LogP contribution < -0.4 is 10.4 Å². The number of hydrogen-bond donors (Lipinski definition) is 1. The molecule has 0 atom stereocenters. The first-order valence-electron chi connectivity index (χ1n) is 6.48. The van der Waals surface area contributed by atoms with E-state index in [-0.39, 0.29) is 11.5 Å². The zero-order valence-electron chi connectivity index (χ0n) is 11.3. The van der Waals surface area contributed by atoms with Crippen LogP contribution in [0.4, 0.5) is 5.69 Å². The summed E-state index contributed by atoms with van der Waals surface area (Å²) in [6.45, 7) is 0. The molecule has 0 aliphatic carbocycles. The number of furan rings is 1. The lowest BCUT2D eigenvalue weighted by Gasteiger charge is -2.14. The first-order valence-corrected chi connectivity index (χ1v) is 7.56. The van der Waals surface area contributed by atoms with Gasteiger partial charge >= 0.3 is 0 Å². The summed E-state index contributed by atoms with van der Waals surface area (Å²) in [6.07, 6.45) is 6.33. The molecule has 3 rings (SSSR count). The third-order valence-electron chi connectivity index (χ3n) is 3.04. The molecular formula is C16H11IN2O3. The van der Waals surface area contributed by atoms with Crippen LogP contribution in [0.1, 0.15) is 5.76 Å². The zero-order chi connectivity index (χ0) is 15.5. The van der Waals surface area contributed by atoms with Gasteiger partial charge in [-0.3, -0.25) is 15.0 Å². The number of carbonyl (C=O) groups excluding carboxylic acids is 2. The third-order valence-corrected chi connectivity index (χ3v) is 3.76. The number of allylic oxidation sites excluding steroid dienone is 2. The van der Waals surface area contributed by atoms with E-state index in [4.69, 9.17) is 4.42 Å². The van der Waals surface area contributed by atoms with Crippen molar-refractivity contribution in [3.8, 4) is 0 Å². The van der Waals surface area contributed by atoms with E-state index in [0.717, 1.165) is 3.57 Å². The molecule has 1 aliphatic rings. The zero-order valence-corrected chi connectivity index (χ0v) is 13.5. The number of hydrazine groups is 1. The molecule has 22 heavy (non-hydrogen) atoms. The minimum atomic E-state index is -0.423. The van der Waals surface area contributed by atoms with Crippen molar-refractivity contribution in [2.24, 2.45) is 0 Å². The summed E-state index contributed by atoms with van der Waals surface area (Å²) >= 11 is 2.18. The van der Waals surface area contributed by atoms with Gasteiger partial charge in [-0.05, 0) is 71.1 Å². The van der Waals surface area contributed by atoms with Gasteiger partial charge in [0.1, 0.15) is 11.3 Å². The molecule has 0 saturated carbocycles. The Morgan fingerprint density at radius 1 is 1.14 bits per heavy atom. The van der Waals surface area contributed by atoms with Crippen molar-refractivity contribution in [3.63, 3.8) is 0 Å². The normalized spacial score (nSPS) is 16.8. The van der Waals surface area contributed by atoms with Crippen molar-refractivity contribution in [1.29, 1.82) is 0 Å². The van der Waals surface area contributed by atoms with Crippen LogP contribution in [0.3, 0.4) is 0 Å². The number of halogens is 1. The Balaban J connectivity index is 1.80. The largest absolute Gasteiger partial charge is 0.465 e. The number of nitrogens with zero attached hydrogens (tertiary/aromatic N) is 1. The Labute approximate surface area is 140 Å². The van der Waals surface area contributed by atoms with E-state index < -0.39 is 5.91 Å². The highest BCUT2D eigenvalue weighted by molar-refractivity contribution is 14.1. The van der Waals surface area contributed by atoms with E-state index >= 15 is 0 Å². The first-order chi connectivity index (χ1) is 10.6. The fourth-order valence-corrected chi connectivity index (χ4v) is 2.33. The Hall–Kier alpha value is -2.35. The van der Waals surface area contributed by atoms with Gasteiger partial charge in [-0.1, -0.05) is 6.08 Å². The van der Waals surface area contributed by atoms with Gasteiger partial charge in [0.25, 0.3) is 11.8 Å². The highest BCUT2D eigenvalue weighted by Crippen LogP contribution is 2.21. The lowest BCUT2D eigenvalue weighted by molar-refractivity contribution is -0.117. The monoisotopic (exact) mass is 406 g/mol. The topological polar surface area (TPSA) is 62.6 Å². The predicted octanol–water partition coefficient (Wildman–Crippen LogP) is 2.90. The number of benzene rings is 1. The van der Waals surface area contributed by atoms with Crippen LogP contribution in [0.15, 0.2) is 64.8 Å². The van der Waals surface area contributed by atoms with Crippen molar-refractivity contribution >= 4 is 46.2 Å². The molecule has 1 aliphatic heterocycles. The summed E-state index contributed by atoms with van der Waals surface area (Å²) in [5.74, 6) is -0.153. The number of carbonyl (C=O) groups is 2. The molecule has 1 aromatic heterocycles. The second-order valence-electron chi connectivity index (χ2n) is 4.51. The number of anilines is 1. The molecule has 2 heterocycles. The van der Waals surface area contributed by atoms with Gasteiger partial charge in [0.2, 0.25) is 0 Å².